The van der Waals surface area contributed by atoms with Crippen molar-refractivity contribution >= 4 is 11.6 Å². The third-order valence-electron chi connectivity index (χ3n) is 3.97. The molecule has 1 N–H and O–H groups in total. The molecule has 0 spiro atoms. The van der Waals surface area contributed by atoms with E-state index in [2.05, 4.69) is 4.98 Å². The maximum atomic E-state index is 12.4. The van der Waals surface area contributed by atoms with E-state index in [4.69, 9.17) is 11.6 Å². The first-order valence-electron chi connectivity index (χ1n) is 6.54. The highest BCUT2D eigenvalue weighted by Crippen LogP contribution is 2.32. The van der Waals surface area contributed by atoms with Gasteiger partial charge in [-0.25, -0.2) is 4.79 Å². The van der Waals surface area contributed by atoms with Gasteiger partial charge in [0.1, 0.15) is 5.15 Å². The van der Waals surface area contributed by atoms with Crippen LogP contribution < -0.4 is 11.2 Å². The Morgan fingerprint density at radius 3 is 2.44 bits per heavy atom. The fourth-order valence-electron chi connectivity index (χ4n) is 2.88. The Balaban J connectivity index is 2.64. The topological polar surface area (TPSA) is 54.9 Å². The predicted octanol–water partition coefficient (Wildman–Crippen LogP) is 2.43. The normalized spacial score (nSPS) is 18.8. The van der Waals surface area contributed by atoms with Crippen LogP contribution in [-0.4, -0.2) is 9.55 Å². The first-order chi connectivity index (χ1) is 8.49. The van der Waals surface area contributed by atoms with E-state index in [0.717, 1.165) is 25.7 Å². The lowest BCUT2D eigenvalue weighted by Crippen LogP contribution is -2.49. The van der Waals surface area contributed by atoms with Crippen LogP contribution in [0.1, 0.15) is 51.5 Å². The third kappa shape index (κ3) is 2.14. The monoisotopic (exact) mass is 270 g/mol. The van der Waals surface area contributed by atoms with E-state index in [0.29, 0.717) is 12.0 Å². The number of rotatable bonds is 2. The van der Waals surface area contributed by atoms with Gasteiger partial charge < -0.3 is 0 Å². The first kappa shape index (κ1) is 13.4. The molecule has 0 amide bonds. The molecule has 0 unspecified atom stereocenters. The Morgan fingerprint density at radius 2 is 1.89 bits per heavy atom. The zero-order valence-corrected chi connectivity index (χ0v) is 11.6. The van der Waals surface area contributed by atoms with E-state index < -0.39 is 0 Å². The molecule has 0 saturated heterocycles. The number of H-pyrrole nitrogens is 1. The van der Waals surface area contributed by atoms with Crippen LogP contribution in [0.2, 0.25) is 5.15 Å². The zero-order chi connectivity index (χ0) is 13.3. The van der Waals surface area contributed by atoms with Gasteiger partial charge in [0, 0.05) is 5.54 Å². The van der Waals surface area contributed by atoms with Crippen molar-refractivity contribution < 1.29 is 0 Å². The highest BCUT2D eigenvalue weighted by Gasteiger charge is 2.32. The van der Waals surface area contributed by atoms with Crippen LogP contribution in [0, 0.1) is 0 Å². The van der Waals surface area contributed by atoms with Crippen molar-refractivity contribution in [3.63, 3.8) is 0 Å². The minimum absolute atomic E-state index is 0.183. The third-order valence-corrected chi connectivity index (χ3v) is 4.29. The van der Waals surface area contributed by atoms with Gasteiger partial charge in [-0.05, 0) is 26.2 Å². The number of hydrogen-bond acceptors (Lipinski definition) is 2. The molecule has 1 aliphatic carbocycles. The summed E-state index contributed by atoms with van der Waals surface area (Å²) in [7, 11) is 0. The highest BCUT2D eigenvalue weighted by molar-refractivity contribution is 6.30. The Labute approximate surface area is 111 Å². The fourth-order valence-corrected chi connectivity index (χ4v) is 3.18. The molecule has 0 aliphatic heterocycles. The number of halogens is 1. The second kappa shape index (κ2) is 4.92. The summed E-state index contributed by atoms with van der Waals surface area (Å²) in [6, 6.07) is 0. The molecule has 0 atom stereocenters. The smallest absolute Gasteiger partial charge is 0.297 e. The van der Waals surface area contributed by atoms with Crippen LogP contribution in [0.15, 0.2) is 9.59 Å². The summed E-state index contributed by atoms with van der Waals surface area (Å²) in [6.07, 6.45) is 5.58. The van der Waals surface area contributed by atoms with Crippen LogP contribution in [0.25, 0.3) is 0 Å². The number of aromatic amines is 1. The van der Waals surface area contributed by atoms with Crippen LogP contribution >= 0.6 is 11.6 Å². The summed E-state index contributed by atoms with van der Waals surface area (Å²) in [5.74, 6) is 0. The van der Waals surface area contributed by atoms with Crippen molar-refractivity contribution in [1.82, 2.24) is 9.55 Å². The maximum absolute atomic E-state index is 12.4. The largest absolute Gasteiger partial charge is 0.330 e. The van der Waals surface area contributed by atoms with Crippen molar-refractivity contribution in [2.75, 3.05) is 0 Å². The van der Waals surface area contributed by atoms with Crippen molar-refractivity contribution in [2.45, 2.75) is 57.9 Å². The Kier molecular flexibility index (Phi) is 3.66. The lowest BCUT2D eigenvalue weighted by atomic mass is 9.83. The molecule has 1 aromatic heterocycles. The Morgan fingerprint density at radius 1 is 1.28 bits per heavy atom. The molecule has 1 aromatic rings. The molecule has 1 aliphatic rings. The van der Waals surface area contributed by atoms with Gasteiger partial charge in [0.2, 0.25) is 0 Å². The van der Waals surface area contributed by atoms with Gasteiger partial charge >= 0.3 is 5.69 Å². The molecule has 5 heteroatoms. The molecule has 1 saturated carbocycles. The molecule has 0 aromatic carbocycles. The van der Waals surface area contributed by atoms with Crippen LogP contribution in [0.4, 0.5) is 0 Å². The van der Waals surface area contributed by atoms with Crippen LogP contribution in [0.3, 0.4) is 0 Å². The minimum atomic E-state index is -0.383. The molecule has 1 fully saturated rings. The molecule has 0 radical (unpaired) electrons. The second-order valence-electron chi connectivity index (χ2n) is 5.27. The van der Waals surface area contributed by atoms with Crippen molar-refractivity contribution in [2.24, 2.45) is 0 Å². The Hall–Kier alpha value is -1.03. The quantitative estimate of drug-likeness (QED) is 0.839. The fraction of sp³-hybridized carbons (Fsp3) is 0.692. The van der Waals surface area contributed by atoms with Crippen molar-refractivity contribution in [3.05, 3.63) is 31.6 Å². The second-order valence-corrected chi connectivity index (χ2v) is 5.65. The van der Waals surface area contributed by atoms with Gasteiger partial charge in [-0.3, -0.25) is 14.3 Å². The molecule has 18 heavy (non-hydrogen) atoms. The number of nitrogens with one attached hydrogen (secondary N) is 1. The Bertz CT molecular complexity index is 553. The average molecular weight is 271 g/mol. The van der Waals surface area contributed by atoms with E-state index in [1.165, 1.54) is 11.0 Å². The summed E-state index contributed by atoms with van der Waals surface area (Å²) in [5.41, 5.74) is -0.470. The number of aromatic nitrogens is 2. The van der Waals surface area contributed by atoms with E-state index in [1.54, 1.807) is 0 Å². The maximum Gasteiger partial charge on any atom is 0.330 e. The molecule has 4 nitrogen and oxygen atoms in total. The standard InChI is InChI=1S/C13H19ClN2O2/c1-3-9-10(14)15-12(18)16(11(9)17)13(2)7-5-4-6-8-13/h3-8H2,1-2H3,(H,15,18). The zero-order valence-electron chi connectivity index (χ0n) is 10.9. The van der Waals surface area contributed by atoms with Gasteiger partial charge in [-0.2, -0.15) is 0 Å². The molecular formula is C13H19ClN2O2. The predicted molar refractivity (Wildman–Crippen MR) is 72.4 cm³/mol. The summed E-state index contributed by atoms with van der Waals surface area (Å²) in [6.45, 7) is 3.87. The highest BCUT2D eigenvalue weighted by atomic mass is 35.5. The SMILES string of the molecule is CCc1c(Cl)[nH]c(=O)n(C2(C)CCCCC2)c1=O. The lowest BCUT2D eigenvalue weighted by Gasteiger charge is -2.34. The van der Waals surface area contributed by atoms with Crippen LogP contribution in [-0.2, 0) is 12.0 Å². The summed E-state index contributed by atoms with van der Waals surface area (Å²) in [4.78, 5) is 27.1. The van der Waals surface area contributed by atoms with Gasteiger partial charge in [0.15, 0.2) is 0 Å². The van der Waals surface area contributed by atoms with Gasteiger partial charge in [-0.15, -0.1) is 0 Å². The lowest BCUT2D eigenvalue weighted by molar-refractivity contribution is 0.204. The van der Waals surface area contributed by atoms with E-state index in [1.807, 2.05) is 13.8 Å². The summed E-state index contributed by atoms with van der Waals surface area (Å²) in [5, 5.41) is 0.183. The summed E-state index contributed by atoms with van der Waals surface area (Å²) >= 11 is 5.92. The molecule has 1 heterocycles. The van der Waals surface area contributed by atoms with E-state index >= 15 is 0 Å². The van der Waals surface area contributed by atoms with Crippen molar-refractivity contribution in [1.29, 1.82) is 0 Å². The van der Waals surface area contributed by atoms with Crippen molar-refractivity contribution in [3.8, 4) is 0 Å². The van der Waals surface area contributed by atoms with Gasteiger partial charge in [-0.1, -0.05) is 37.8 Å². The van der Waals surface area contributed by atoms with Gasteiger partial charge in [0.25, 0.3) is 5.56 Å². The van der Waals surface area contributed by atoms with E-state index in [9.17, 15) is 9.59 Å². The van der Waals surface area contributed by atoms with Gasteiger partial charge in [0.05, 0.1) is 5.56 Å². The molecule has 100 valence electrons. The minimum Gasteiger partial charge on any atom is -0.297 e. The van der Waals surface area contributed by atoms with Crippen LogP contribution in [0.5, 0.6) is 0 Å². The van der Waals surface area contributed by atoms with E-state index in [-0.39, 0.29) is 21.9 Å². The number of nitrogens with zero attached hydrogens (tertiary/aromatic N) is 1. The number of hydrogen-bond donors (Lipinski definition) is 1. The summed E-state index contributed by atoms with van der Waals surface area (Å²) < 4.78 is 1.39. The average Bonchev–Trinajstić information content (AvgIpc) is 2.29. The molecule has 0 bridgehead atoms. The molecular weight excluding hydrogens is 252 g/mol. The molecule has 2 rings (SSSR count). The first-order valence-corrected chi connectivity index (χ1v) is 6.91.